The van der Waals surface area contributed by atoms with Gasteiger partial charge in [0.15, 0.2) is 17.9 Å². The van der Waals surface area contributed by atoms with E-state index in [2.05, 4.69) is 4.74 Å². The molecule has 0 bridgehead atoms. The highest BCUT2D eigenvalue weighted by atomic mass is 19.1. The van der Waals surface area contributed by atoms with E-state index in [1.807, 2.05) is 0 Å². The molecule has 0 heterocycles. The Labute approximate surface area is 69.0 Å². The molecule has 0 aromatic heterocycles. The Hall–Kier alpha value is -1.13. The van der Waals surface area contributed by atoms with Crippen molar-refractivity contribution < 1.29 is 19.3 Å². The van der Waals surface area contributed by atoms with Crippen LogP contribution >= 0.6 is 0 Å². The van der Waals surface area contributed by atoms with E-state index in [4.69, 9.17) is 10.2 Å². The van der Waals surface area contributed by atoms with Gasteiger partial charge in [-0.3, -0.25) is 0 Å². The van der Waals surface area contributed by atoms with Gasteiger partial charge in [-0.25, -0.2) is 4.39 Å². The zero-order chi connectivity index (χ0) is 9.14. The minimum absolute atomic E-state index is 0.000556. The van der Waals surface area contributed by atoms with Gasteiger partial charge in [0, 0.05) is 5.56 Å². The van der Waals surface area contributed by atoms with E-state index in [-0.39, 0.29) is 11.3 Å². The molecule has 0 amide bonds. The monoisotopic (exact) mass is 172 g/mol. The minimum Gasteiger partial charge on any atom is -0.494 e. The molecule has 0 atom stereocenters. The molecular formula is C8H9FO3. The fraction of sp³-hybridized carbons (Fsp3) is 0.250. The van der Waals surface area contributed by atoms with Gasteiger partial charge in [-0.2, -0.15) is 0 Å². The molecule has 0 radical (unpaired) electrons. The number of aliphatic hydroxyl groups excluding tert-OH is 1. The Morgan fingerprint density at radius 2 is 2.08 bits per heavy atom. The second-order valence-electron chi connectivity index (χ2n) is 2.27. The molecule has 1 aromatic rings. The lowest BCUT2D eigenvalue weighted by Crippen LogP contribution is -1.96. The van der Waals surface area contributed by atoms with Crippen LogP contribution in [0.15, 0.2) is 18.2 Å². The molecule has 2 N–H and O–H groups in total. The van der Waals surface area contributed by atoms with Gasteiger partial charge >= 0.3 is 0 Å². The topological polar surface area (TPSA) is 49.7 Å². The molecule has 0 aliphatic carbocycles. The van der Waals surface area contributed by atoms with Crippen LogP contribution in [0.5, 0.6) is 5.75 Å². The Balaban J connectivity index is 3.05. The van der Waals surface area contributed by atoms with Crippen molar-refractivity contribution in [3.63, 3.8) is 0 Å². The standard InChI is InChI=1S/C8H9FO3/c1-12-7-4-5(8(10)11)2-3-6(7)9/h2-4,8,10-11H,1H3. The maximum absolute atomic E-state index is 12.7. The summed E-state index contributed by atoms with van der Waals surface area (Å²) >= 11 is 0. The predicted octanol–water partition coefficient (Wildman–Crippen LogP) is 0.817. The normalized spacial score (nSPS) is 10.4. The van der Waals surface area contributed by atoms with Crippen molar-refractivity contribution in [2.24, 2.45) is 0 Å². The van der Waals surface area contributed by atoms with E-state index < -0.39 is 12.1 Å². The quantitative estimate of drug-likeness (QED) is 0.649. The SMILES string of the molecule is COc1cc(C(O)O)ccc1F. The second kappa shape index (κ2) is 3.51. The Bertz CT molecular complexity index is 273. The highest BCUT2D eigenvalue weighted by Gasteiger charge is 2.07. The third kappa shape index (κ3) is 1.72. The van der Waals surface area contributed by atoms with Crippen LogP contribution in [-0.2, 0) is 0 Å². The summed E-state index contributed by atoms with van der Waals surface area (Å²) in [4.78, 5) is 0. The van der Waals surface area contributed by atoms with E-state index in [1.165, 1.54) is 19.2 Å². The Kier molecular flexibility index (Phi) is 2.62. The molecule has 0 saturated heterocycles. The molecule has 3 nitrogen and oxygen atoms in total. The van der Waals surface area contributed by atoms with Crippen molar-refractivity contribution >= 4 is 0 Å². The summed E-state index contributed by atoms with van der Waals surface area (Å²) in [5, 5.41) is 17.4. The first-order chi connectivity index (χ1) is 5.65. The first kappa shape index (κ1) is 8.96. The molecule has 0 aliphatic rings. The van der Waals surface area contributed by atoms with Gasteiger partial charge in [0.2, 0.25) is 0 Å². The summed E-state index contributed by atoms with van der Waals surface area (Å²) in [6.07, 6.45) is -1.60. The van der Waals surface area contributed by atoms with Crippen LogP contribution in [0.1, 0.15) is 11.9 Å². The molecule has 0 fully saturated rings. The molecular weight excluding hydrogens is 163 g/mol. The van der Waals surface area contributed by atoms with Crippen LogP contribution in [-0.4, -0.2) is 17.3 Å². The molecule has 0 saturated carbocycles. The maximum Gasteiger partial charge on any atom is 0.178 e. The van der Waals surface area contributed by atoms with Crippen molar-refractivity contribution in [2.45, 2.75) is 6.29 Å². The Morgan fingerprint density at radius 3 is 2.58 bits per heavy atom. The van der Waals surface area contributed by atoms with E-state index in [9.17, 15) is 4.39 Å². The van der Waals surface area contributed by atoms with Crippen LogP contribution in [0.25, 0.3) is 0 Å². The van der Waals surface area contributed by atoms with Crippen molar-refractivity contribution in [3.05, 3.63) is 29.6 Å². The maximum atomic E-state index is 12.7. The van der Waals surface area contributed by atoms with E-state index in [0.717, 1.165) is 6.07 Å². The third-order valence-corrected chi connectivity index (χ3v) is 1.47. The van der Waals surface area contributed by atoms with Gasteiger partial charge in [0.05, 0.1) is 7.11 Å². The first-order valence-electron chi connectivity index (χ1n) is 3.34. The second-order valence-corrected chi connectivity index (χ2v) is 2.27. The lowest BCUT2D eigenvalue weighted by Gasteiger charge is -2.06. The number of halogens is 1. The highest BCUT2D eigenvalue weighted by Crippen LogP contribution is 2.21. The number of methoxy groups -OCH3 is 1. The van der Waals surface area contributed by atoms with E-state index >= 15 is 0 Å². The average Bonchev–Trinajstić information content (AvgIpc) is 2.05. The fourth-order valence-electron chi connectivity index (χ4n) is 0.837. The average molecular weight is 172 g/mol. The van der Waals surface area contributed by atoms with Gasteiger partial charge < -0.3 is 14.9 Å². The summed E-state index contributed by atoms with van der Waals surface area (Å²) in [6.45, 7) is 0. The molecule has 0 spiro atoms. The molecule has 0 unspecified atom stereocenters. The van der Waals surface area contributed by atoms with Crippen molar-refractivity contribution in [3.8, 4) is 5.75 Å². The summed E-state index contributed by atoms with van der Waals surface area (Å²) < 4.78 is 17.4. The van der Waals surface area contributed by atoms with E-state index in [1.54, 1.807) is 0 Å². The number of hydrogen-bond donors (Lipinski definition) is 2. The number of hydrogen-bond acceptors (Lipinski definition) is 3. The summed E-state index contributed by atoms with van der Waals surface area (Å²) in [5.74, 6) is -0.525. The third-order valence-electron chi connectivity index (χ3n) is 1.47. The van der Waals surface area contributed by atoms with Gasteiger partial charge in [-0.1, -0.05) is 6.07 Å². The van der Waals surface area contributed by atoms with Gasteiger partial charge in [-0.05, 0) is 12.1 Å². The lowest BCUT2D eigenvalue weighted by atomic mass is 10.2. The van der Waals surface area contributed by atoms with Crippen LogP contribution < -0.4 is 4.74 Å². The molecule has 12 heavy (non-hydrogen) atoms. The molecule has 1 rings (SSSR count). The van der Waals surface area contributed by atoms with Crippen LogP contribution in [0.4, 0.5) is 4.39 Å². The van der Waals surface area contributed by atoms with Crippen molar-refractivity contribution in [2.75, 3.05) is 7.11 Å². The van der Waals surface area contributed by atoms with Crippen LogP contribution in [0.3, 0.4) is 0 Å². The molecule has 66 valence electrons. The first-order valence-corrected chi connectivity index (χ1v) is 3.34. The number of rotatable bonds is 2. The van der Waals surface area contributed by atoms with Crippen molar-refractivity contribution in [1.82, 2.24) is 0 Å². The largest absolute Gasteiger partial charge is 0.494 e. The van der Waals surface area contributed by atoms with E-state index in [0.29, 0.717) is 0 Å². The smallest absolute Gasteiger partial charge is 0.178 e. The van der Waals surface area contributed by atoms with Crippen LogP contribution in [0, 0.1) is 5.82 Å². The predicted molar refractivity (Wildman–Crippen MR) is 40.1 cm³/mol. The molecule has 1 aromatic carbocycles. The van der Waals surface area contributed by atoms with Gasteiger partial charge in [0.1, 0.15) is 0 Å². The summed E-state index contributed by atoms with van der Waals surface area (Å²) in [5.41, 5.74) is 0.202. The lowest BCUT2D eigenvalue weighted by molar-refractivity contribution is -0.0426. The van der Waals surface area contributed by atoms with Crippen LogP contribution in [0.2, 0.25) is 0 Å². The molecule has 4 heteroatoms. The highest BCUT2D eigenvalue weighted by molar-refractivity contribution is 5.30. The fourth-order valence-corrected chi connectivity index (χ4v) is 0.837. The van der Waals surface area contributed by atoms with Crippen molar-refractivity contribution in [1.29, 1.82) is 0 Å². The summed E-state index contributed by atoms with van der Waals surface area (Å²) in [6, 6.07) is 3.64. The number of benzene rings is 1. The number of aliphatic hydroxyl groups is 2. The van der Waals surface area contributed by atoms with Gasteiger partial charge in [0.25, 0.3) is 0 Å². The zero-order valence-electron chi connectivity index (χ0n) is 6.49. The van der Waals surface area contributed by atoms with Gasteiger partial charge in [-0.15, -0.1) is 0 Å². The molecule has 0 aliphatic heterocycles. The number of ether oxygens (including phenoxy) is 1. The zero-order valence-corrected chi connectivity index (χ0v) is 6.49. The minimum atomic E-state index is -1.60. The summed E-state index contributed by atoms with van der Waals surface area (Å²) in [7, 11) is 1.31. The Morgan fingerprint density at radius 1 is 1.42 bits per heavy atom.